The lowest BCUT2D eigenvalue weighted by atomic mass is 10.2. The Morgan fingerprint density at radius 3 is 2.71 bits per heavy atom. The maximum absolute atomic E-state index is 13.5. The molecule has 2 rings (SSSR count). The zero-order valence-corrected chi connectivity index (χ0v) is 9.22. The summed E-state index contributed by atoms with van der Waals surface area (Å²) in [6, 6.07) is 2.00. The number of halogens is 2. The molecule has 1 heterocycles. The van der Waals surface area contributed by atoms with Crippen molar-refractivity contribution in [3.63, 3.8) is 0 Å². The summed E-state index contributed by atoms with van der Waals surface area (Å²) in [6.07, 6.45) is 4.37. The smallest absolute Gasteiger partial charge is 0.295 e. The molecule has 0 fully saturated rings. The number of benzene rings is 1. The van der Waals surface area contributed by atoms with E-state index in [0.717, 1.165) is 6.07 Å². The normalized spacial score (nSPS) is 9.71. The largest absolute Gasteiger partial charge is 0.393 e. The van der Waals surface area contributed by atoms with E-state index in [1.165, 1.54) is 29.4 Å². The number of nitrogens with two attached hydrogens (primary N) is 1. The average molecular weight is 259 g/mol. The van der Waals surface area contributed by atoms with Gasteiger partial charge in [-0.2, -0.15) is 0 Å². The summed E-state index contributed by atoms with van der Waals surface area (Å²) in [5, 5.41) is 10.5. The minimum absolute atomic E-state index is 0. The van der Waals surface area contributed by atoms with Gasteiger partial charge in [0.2, 0.25) is 0 Å². The van der Waals surface area contributed by atoms with Gasteiger partial charge in [0, 0.05) is 12.4 Å². The van der Waals surface area contributed by atoms with E-state index in [4.69, 9.17) is 5.73 Å². The van der Waals surface area contributed by atoms with Gasteiger partial charge in [-0.05, 0) is 6.07 Å². The number of rotatable bonds is 2. The van der Waals surface area contributed by atoms with Gasteiger partial charge in [-0.25, -0.2) is 9.37 Å². The van der Waals surface area contributed by atoms with Crippen LogP contribution in [0.3, 0.4) is 0 Å². The first kappa shape index (κ1) is 12.9. The van der Waals surface area contributed by atoms with Crippen molar-refractivity contribution in [2.75, 3.05) is 5.73 Å². The number of imidazole rings is 1. The van der Waals surface area contributed by atoms with Crippen LogP contribution < -0.4 is 5.73 Å². The molecule has 6 nitrogen and oxygen atoms in total. The van der Waals surface area contributed by atoms with E-state index in [9.17, 15) is 14.5 Å². The maximum atomic E-state index is 13.5. The fraction of sp³-hybridized carbons (Fsp3) is 0. The molecule has 0 amide bonds. The van der Waals surface area contributed by atoms with Gasteiger partial charge in [0.1, 0.15) is 5.69 Å². The van der Waals surface area contributed by atoms with E-state index in [0.29, 0.717) is 0 Å². The molecule has 17 heavy (non-hydrogen) atoms. The third kappa shape index (κ3) is 2.34. The van der Waals surface area contributed by atoms with Gasteiger partial charge >= 0.3 is 0 Å². The minimum Gasteiger partial charge on any atom is -0.393 e. The number of hydrogen-bond acceptors (Lipinski definition) is 4. The Kier molecular flexibility index (Phi) is 3.64. The van der Waals surface area contributed by atoms with E-state index in [1.54, 1.807) is 0 Å². The highest BCUT2D eigenvalue weighted by Crippen LogP contribution is 2.26. The second-order valence-corrected chi connectivity index (χ2v) is 3.09. The van der Waals surface area contributed by atoms with Gasteiger partial charge in [-0.15, -0.1) is 12.4 Å². The Hall–Kier alpha value is -2.15. The summed E-state index contributed by atoms with van der Waals surface area (Å²) in [4.78, 5) is 13.5. The maximum Gasteiger partial charge on any atom is 0.295 e. The fourth-order valence-electron chi connectivity index (χ4n) is 1.33. The van der Waals surface area contributed by atoms with Gasteiger partial charge in [-0.3, -0.25) is 10.1 Å². The van der Waals surface area contributed by atoms with Crippen molar-refractivity contribution in [3.8, 4) is 5.69 Å². The fourth-order valence-corrected chi connectivity index (χ4v) is 1.33. The molecule has 90 valence electrons. The second-order valence-electron chi connectivity index (χ2n) is 3.09. The van der Waals surface area contributed by atoms with Crippen LogP contribution in [0.1, 0.15) is 0 Å². The zero-order valence-electron chi connectivity index (χ0n) is 8.41. The molecule has 2 aromatic rings. The number of nitrogen functional groups attached to an aromatic ring is 1. The summed E-state index contributed by atoms with van der Waals surface area (Å²) in [6.45, 7) is 0. The SMILES string of the molecule is Cl.Nc1cc(-n2ccnc2)c(F)cc1[N+](=O)[O-]. The Labute approximate surface area is 101 Å². The van der Waals surface area contributed by atoms with Crippen LogP contribution in [0.2, 0.25) is 0 Å². The monoisotopic (exact) mass is 258 g/mol. The first-order chi connectivity index (χ1) is 7.59. The molecule has 0 aliphatic rings. The van der Waals surface area contributed by atoms with Gasteiger partial charge in [0.05, 0.1) is 23.0 Å². The standard InChI is InChI=1S/C9H7FN4O2.ClH/c10-6-3-9(14(15)16)7(11)4-8(6)13-2-1-12-5-13;/h1-5H,11H2;1H. The zero-order chi connectivity index (χ0) is 11.7. The average Bonchev–Trinajstić information content (AvgIpc) is 2.73. The molecule has 0 atom stereocenters. The van der Waals surface area contributed by atoms with Crippen molar-refractivity contribution in [2.45, 2.75) is 0 Å². The van der Waals surface area contributed by atoms with Crippen molar-refractivity contribution < 1.29 is 9.31 Å². The van der Waals surface area contributed by atoms with Crippen LogP contribution in [0.15, 0.2) is 30.9 Å². The predicted molar refractivity (Wildman–Crippen MR) is 61.8 cm³/mol. The highest BCUT2D eigenvalue weighted by molar-refractivity contribution is 5.85. The third-order valence-electron chi connectivity index (χ3n) is 2.08. The molecular weight excluding hydrogens is 251 g/mol. The molecule has 1 aromatic heterocycles. The molecule has 0 bridgehead atoms. The number of aromatic nitrogens is 2. The molecule has 0 saturated heterocycles. The molecular formula is C9H8ClFN4O2. The third-order valence-corrected chi connectivity index (χ3v) is 2.08. The summed E-state index contributed by atoms with van der Waals surface area (Å²) in [7, 11) is 0. The van der Waals surface area contributed by atoms with Gasteiger partial charge in [0.25, 0.3) is 5.69 Å². The van der Waals surface area contributed by atoms with Crippen LogP contribution in [-0.4, -0.2) is 14.5 Å². The predicted octanol–water partition coefficient (Wildman–Crippen LogP) is 1.92. The minimum atomic E-state index is -0.726. The first-order valence-corrected chi connectivity index (χ1v) is 4.31. The number of hydrogen-bond donors (Lipinski definition) is 1. The van der Waals surface area contributed by atoms with Crippen LogP contribution in [0.4, 0.5) is 15.8 Å². The molecule has 8 heteroatoms. The van der Waals surface area contributed by atoms with E-state index in [1.807, 2.05) is 0 Å². The number of nitrogens with zero attached hydrogens (tertiary/aromatic N) is 3. The summed E-state index contributed by atoms with van der Waals surface area (Å²) < 4.78 is 14.9. The molecule has 0 spiro atoms. The van der Waals surface area contributed by atoms with Crippen molar-refractivity contribution in [1.82, 2.24) is 9.55 Å². The highest BCUT2D eigenvalue weighted by Gasteiger charge is 2.16. The van der Waals surface area contributed by atoms with Crippen LogP contribution >= 0.6 is 12.4 Å². The van der Waals surface area contributed by atoms with Crippen molar-refractivity contribution in [1.29, 1.82) is 0 Å². The van der Waals surface area contributed by atoms with E-state index in [2.05, 4.69) is 4.98 Å². The number of nitro benzene ring substituents is 1. The molecule has 0 saturated carbocycles. The summed E-state index contributed by atoms with van der Waals surface area (Å²) in [5.41, 5.74) is 5.05. The molecule has 1 aromatic carbocycles. The molecule has 0 radical (unpaired) electrons. The second kappa shape index (κ2) is 4.79. The van der Waals surface area contributed by atoms with Crippen LogP contribution in [0, 0.1) is 15.9 Å². The lowest BCUT2D eigenvalue weighted by Crippen LogP contribution is -2.01. The Morgan fingerprint density at radius 2 is 2.18 bits per heavy atom. The Balaban J connectivity index is 0.00000144. The van der Waals surface area contributed by atoms with Gasteiger partial charge < -0.3 is 10.3 Å². The molecule has 0 aliphatic carbocycles. The quantitative estimate of drug-likeness (QED) is 0.506. The highest BCUT2D eigenvalue weighted by atomic mass is 35.5. The van der Waals surface area contributed by atoms with Crippen LogP contribution in [-0.2, 0) is 0 Å². The Bertz CT molecular complexity index is 544. The summed E-state index contributed by atoms with van der Waals surface area (Å²) >= 11 is 0. The topological polar surface area (TPSA) is 87.0 Å². The van der Waals surface area contributed by atoms with E-state index < -0.39 is 16.4 Å². The van der Waals surface area contributed by atoms with Crippen LogP contribution in [0.25, 0.3) is 5.69 Å². The first-order valence-electron chi connectivity index (χ1n) is 4.31. The van der Waals surface area contributed by atoms with Gasteiger partial charge in [-0.1, -0.05) is 0 Å². The molecule has 0 aliphatic heterocycles. The Morgan fingerprint density at radius 1 is 1.47 bits per heavy atom. The molecule has 0 unspecified atom stereocenters. The van der Waals surface area contributed by atoms with Gasteiger partial charge in [0.15, 0.2) is 5.82 Å². The van der Waals surface area contributed by atoms with E-state index in [-0.39, 0.29) is 23.8 Å². The summed E-state index contributed by atoms with van der Waals surface area (Å²) in [5.74, 6) is -0.723. The van der Waals surface area contributed by atoms with E-state index >= 15 is 0 Å². The lowest BCUT2D eigenvalue weighted by Gasteiger charge is -2.05. The lowest BCUT2D eigenvalue weighted by molar-refractivity contribution is -0.384. The van der Waals surface area contributed by atoms with Crippen molar-refractivity contribution in [3.05, 3.63) is 46.8 Å². The van der Waals surface area contributed by atoms with Crippen molar-refractivity contribution >= 4 is 23.8 Å². The van der Waals surface area contributed by atoms with Crippen LogP contribution in [0.5, 0.6) is 0 Å². The number of nitro groups is 1. The number of anilines is 1. The van der Waals surface area contributed by atoms with Crippen molar-refractivity contribution in [2.24, 2.45) is 0 Å². The molecule has 2 N–H and O–H groups in total.